The number of nitrogens with one attached hydrogen (secondary N) is 1. The molecular formula is C17H28N2O4. The van der Waals surface area contributed by atoms with Crippen LogP contribution >= 0.6 is 0 Å². The molecule has 2 amide bonds. The number of nitrogens with zero attached hydrogens (tertiary/aromatic N) is 1. The monoisotopic (exact) mass is 324 g/mol. The minimum atomic E-state index is -0.297. The maximum absolute atomic E-state index is 12.7. The van der Waals surface area contributed by atoms with Crippen LogP contribution in [0.3, 0.4) is 0 Å². The van der Waals surface area contributed by atoms with E-state index in [2.05, 4.69) is 5.32 Å². The number of carbonyl (C=O) groups excluding carboxylic acids is 2. The molecule has 2 aliphatic heterocycles. The Kier molecular flexibility index (Phi) is 5.89. The van der Waals surface area contributed by atoms with Gasteiger partial charge in [0.05, 0.1) is 25.9 Å². The molecule has 1 N–H and O–H groups in total. The van der Waals surface area contributed by atoms with E-state index in [4.69, 9.17) is 9.47 Å². The van der Waals surface area contributed by atoms with Gasteiger partial charge in [0.2, 0.25) is 11.8 Å². The van der Waals surface area contributed by atoms with Crippen LogP contribution in [0.5, 0.6) is 0 Å². The molecule has 3 aliphatic rings. The Morgan fingerprint density at radius 2 is 1.87 bits per heavy atom. The summed E-state index contributed by atoms with van der Waals surface area (Å²) in [5.41, 5.74) is 0. The first kappa shape index (κ1) is 16.7. The van der Waals surface area contributed by atoms with Gasteiger partial charge in [0, 0.05) is 19.0 Å². The summed E-state index contributed by atoms with van der Waals surface area (Å²) in [6, 6.07) is -0.297. The molecule has 0 aromatic carbocycles. The third-order valence-corrected chi connectivity index (χ3v) is 5.18. The molecule has 23 heavy (non-hydrogen) atoms. The Morgan fingerprint density at radius 3 is 2.61 bits per heavy atom. The zero-order chi connectivity index (χ0) is 16.1. The average Bonchev–Trinajstić information content (AvgIpc) is 3.10. The standard InChI is InChI=1S/C17H28N2O4/c20-16(18-11-14-12-22-9-10-23-14)15-7-4-8-19(15)17(21)13-5-2-1-3-6-13/h13-15H,1-12H2,(H,18,20)/t14-,15+/m1/s1. The molecule has 0 spiro atoms. The van der Waals surface area contributed by atoms with E-state index in [1.54, 1.807) is 0 Å². The molecule has 0 aromatic rings. The summed E-state index contributed by atoms with van der Waals surface area (Å²) in [4.78, 5) is 27.0. The Morgan fingerprint density at radius 1 is 1.04 bits per heavy atom. The van der Waals surface area contributed by atoms with Gasteiger partial charge in [-0.15, -0.1) is 0 Å². The van der Waals surface area contributed by atoms with Crippen LogP contribution in [0, 0.1) is 5.92 Å². The highest BCUT2D eigenvalue weighted by atomic mass is 16.6. The molecule has 0 bridgehead atoms. The number of rotatable bonds is 4. The van der Waals surface area contributed by atoms with Crippen LogP contribution in [-0.2, 0) is 19.1 Å². The second kappa shape index (κ2) is 8.11. The molecule has 2 heterocycles. The van der Waals surface area contributed by atoms with Crippen molar-refractivity contribution in [3.8, 4) is 0 Å². The fourth-order valence-corrected chi connectivity index (χ4v) is 3.87. The Bertz CT molecular complexity index is 417. The minimum absolute atomic E-state index is 0.0409. The average molecular weight is 324 g/mol. The summed E-state index contributed by atoms with van der Waals surface area (Å²) in [6.07, 6.45) is 7.09. The topological polar surface area (TPSA) is 67.9 Å². The van der Waals surface area contributed by atoms with Gasteiger partial charge in [0.25, 0.3) is 0 Å². The number of ether oxygens (including phenoxy) is 2. The van der Waals surface area contributed by atoms with Gasteiger partial charge in [-0.25, -0.2) is 0 Å². The van der Waals surface area contributed by atoms with E-state index in [0.717, 1.165) is 45.1 Å². The summed E-state index contributed by atoms with van der Waals surface area (Å²) in [5, 5.41) is 2.94. The summed E-state index contributed by atoms with van der Waals surface area (Å²) < 4.78 is 10.9. The van der Waals surface area contributed by atoms with Crippen molar-refractivity contribution in [1.29, 1.82) is 0 Å². The predicted octanol–water partition coefficient (Wildman–Crippen LogP) is 1.09. The van der Waals surface area contributed by atoms with Crippen LogP contribution in [0.2, 0.25) is 0 Å². The van der Waals surface area contributed by atoms with Crippen LogP contribution in [0.15, 0.2) is 0 Å². The third-order valence-electron chi connectivity index (χ3n) is 5.18. The van der Waals surface area contributed by atoms with Gasteiger partial charge in [0.1, 0.15) is 6.04 Å². The normalized spacial score (nSPS) is 29.5. The molecular weight excluding hydrogens is 296 g/mol. The minimum Gasteiger partial charge on any atom is -0.376 e. The van der Waals surface area contributed by atoms with Crippen molar-refractivity contribution in [3.05, 3.63) is 0 Å². The Labute approximate surface area is 137 Å². The second-order valence-corrected chi connectivity index (χ2v) is 6.84. The van der Waals surface area contributed by atoms with Crippen molar-refractivity contribution in [2.75, 3.05) is 32.9 Å². The van der Waals surface area contributed by atoms with Crippen molar-refractivity contribution in [2.45, 2.75) is 57.1 Å². The largest absolute Gasteiger partial charge is 0.376 e. The van der Waals surface area contributed by atoms with Gasteiger partial charge in [-0.2, -0.15) is 0 Å². The highest BCUT2D eigenvalue weighted by molar-refractivity contribution is 5.89. The smallest absolute Gasteiger partial charge is 0.242 e. The van der Waals surface area contributed by atoms with E-state index >= 15 is 0 Å². The molecule has 6 nitrogen and oxygen atoms in total. The molecule has 6 heteroatoms. The molecule has 2 saturated heterocycles. The van der Waals surface area contributed by atoms with Gasteiger partial charge >= 0.3 is 0 Å². The van der Waals surface area contributed by atoms with Gasteiger partial charge < -0.3 is 19.7 Å². The van der Waals surface area contributed by atoms with Crippen LogP contribution in [-0.4, -0.2) is 61.8 Å². The van der Waals surface area contributed by atoms with Crippen LogP contribution < -0.4 is 5.32 Å². The summed E-state index contributed by atoms with van der Waals surface area (Å²) in [5.74, 6) is 0.285. The highest BCUT2D eigenvalue weighted by Crippen LogP contribution is 2.28. The van der Waals surface area contributed by atoms with Crippen LogP contribution in [0.1, 0.15) is 44.9 Å². The second-order valence-electron chi connectivity index (χ2n) is 6.84. The van der Waals surface area contributed by atoms with E-state index in [1.807, 2.05) is 4.90 Å². The zero-order valence-electron chi connectivity index (χ0n) is 13.8. The van der Waals surface area contributed by atoms with E-state index in [-0.39, 0.29) is 29.9 Å². The van der Waals surface area contributed by atoms with Gasteiger partial charge in [-0.05, 0) is 25.7 Å². The molecule has 0 aromatic heterocycles. The number of likely N-dealkylation sites (tertiary alicyclic amines) is 1. The van der Waals surface area contributed by atoms with Crippen molar-refractivity contribution in [3.63, 3.8) is 0 Å². The Hall–Kier alpha value is -1.14. The van der Waals surface area contributed by atoms with E-state index in [0.29, 0.717) is 26.4 Å². The maximum atomic E-state index is 12.7. The fourth-order valence-electron chi connectivity index (χ4n) is 3.87. The summed E-state index contributed by atoms with van der Waals surface area (Å²) in [6.45, 7) is 2.90. The lowest BCUT2D eigenvalue weighted by Crippen LogP contribution is -2.50. The number of hydrogen-bond donors (Lipinski definition) is 1. The summed E-state index contributed by atoms with van der Waals surface area (Å²) in [7, 11) is 0. The molecule has 130 valence electrons. The molecule has 1 saturated carbocycles. The predicted molar refractivity (Wildman–Crippen MR) is 84.9 cm³/mol. The number of amides is 2. The van der Waals surface area contributed by atoms with Crippen molar-refractivity contribution in [2.24, 2.45) is 5.92 Å². The fraction of sp³-hybridized carbons (Fsp3) is 0.882. The lowest BCUT2D eigenvalue weighted by atomic mass is 9.88. The van der Waals surface area contributed by atoms with Crippen LogP contribution in [0.25, 0.3) is 0 Å². The van der Waals surface area contributed by atoms with Gasteiger partial charge in [-0.3, -0.25) is 9.59 Å². The van der Waals surface area contributed by atoms with Crippen molar-refractivity contribution in [1.82, 2.24) is 10.2 Å². The van der Waals surface area contributed by atoms with E-state index < -0.39 is 0 Å². The molecule has 3 rings (SSSR count). The third kappa shape index (κ3) is 4.23. The first-order valence-electron chi connectivity index (χ1n) is 9.03. The first-order valence-corrected chi connectivity index (χ1v) is 9.03. The van der Waals surface area contributed by atoms with Gasteiger partial charge in [0.15, 0.2) is 0 Å². The van der Waals surface area contributed by atoms with E-state index in [9.17, 15) is 9.59 Å². The quantitative estimate of drug-likeness (QED) is 0.840. The zero-order valence-corrected chi connectivity index (χ0v) is 13.8. The SMILES string of the molecule is O=C(NC[C@@H]1COCCO1)[C@@H]1CCCN1C(=O)C1CCCCC1. The molecule has 3 fully saturated rings. The highest BCUT2D eigenvalue weighted by Gasteiger charge is 2.37. The molecule has 2 atom stereocenters. The molecule has 1 aliphatic carbocycles. The van der Waals surface area contributed by atoms with Crippen molar-refractivity contribution < 1.29 is 19.1 Å². The van der Waals surface area contributed by atoms with Gasteiger partial charge in [-0.1, -0.05) is 19.3 Å². The lowest BCUT2D eigenvalue weighted by molar-refractivity contribution is -0.143. The summed E-state index contributed by atoms with van der Waals surface area (Å²) >= 11 is 0. The number of carbonyl (C=O) groups is 2. The molecule has 0 radical (unpaired) electrons. The molecule has 0 unspecified atom stereocenters. The van der Waals surface area contributed by atoms with Crippen molar-refractivity contribution >= 4 is 11.8 Å². The first-order chi connectivity index (χ1) is 11.3. The number of hydrogen-bond acceptors (Lipinski definition) is 4. The maximum Gasteiger partial charge on any atom is 0.242 e. The Balaban J connectivity index is 1.50. The van der Waals surface area contributed by atoms with E-state index in [1.165, 1.54) is 6.42 Å². The van der Waals surface area contributed by atoms with Crippen LogP contribution in [0.4, 0.5) is 0 Å². The lowest BCUT2D eigenvalue weighted by Gasteiger charge is -2.30.